The van der Waals surface area contributed by atoms with Gasteiger partial charge in [-0.2, -0.15) is 0 Å². The Morgan fingerprint density at radius 2 is 2.08 bits per heavy atom. The zero-order valence-electron chi connectivity index (χ0n) is 15.3. The highest BCUT2D eigenvalue weighted by Crippen LogP contribution is 2.52. The van der Waals surface area contributed by atoms with Gasteiger partial charge in [-0.25, -0.2) is 4.98 Å². The van der Waals surface area contributed by atoms with Crippen LogP contribution in [0.3, 0.4) is 0 Å². The highest BCUT2D eigenvalue weighted by Gasteiger charge is 2.50. The fourth-order valence-electron chi connectivity index (χ4n) is 4.72. The van der Waals surface area contributed by atoms with Gasteiger partial charge in [0.1, 0.15) is 0 Å². The molecule has 1 aliphatic carbocycles. The predicted molar refractivity (Wildman–Crippen MR) is 96.2 cm³/mol. The van der Waals surface area contributed by atoms with Gasteiger partial charge in [-0.1, -0.05) is 32.5 Å². The Morgan fingerprint density at radius 3 is 2.79 bits per heavy atom. The standard InChI is InChI=1S/C18H27N3O2S/c1-12-6-14(22)20(5)16(19-12)24-9-15(23)21-11-18(4)8-13(21)7-17(2,3)10-18/h6,13H,7-11H2,1-5H3. The number of aromatic nitrogens is 2. The minimum atomic E-state index is -0.0799. The van der Waals surface area contributed by atoms with Crippen LogP contribution in [0.4, 0.5) is 0 Å². The smallest absolute Gasteiger partial charge is 0.254 e. The van der Waals surface area contributed by atoms with Gasteiger partial charge in [-0.05, 0) is 37.0 Å². The van der Waals surface area contributed by atoms with E-state index >= 15 is 0 Å². The topological polar surface area (TPSA) is 55.2 Å². The quantitative estimate of drug-likeness (QED) is 0.622. The maximum absolute atomic E-state index is 12.8. The summed E-state index contributed by atoms with van der Waals surface area (Å²) in [4.78, 5) is 31.1. The van der Waals surface area contributed by atoms with Crippen LogP contribution in [0, 0.1) is 17.8 Å². The minimum Gasteiger partial charge on any atom is -0.338 e. The molecular formula is C18H27N3O2S. The van der Waals surface area contributed by atoms with Crippen molar-refractivity contribution in [2.45, 2.75) is 58.2 Å². The summed E-state index contributed by atoms with van der Waals surface area (Å²) in [6, 6.07) is 1.87. The van der Waals surface area contributed by atoms with Crippen molar-refractivity contribution in [1.82, 2.24) is 14.5 Å². The normalized spacial score (nSPS) is 28.2. The van der Waals surface area contributed by atoms with E-state index in [1.54, 1.807) is 14.0 Å². The van der Waals surface area contributed by atoms with Crippen molar-refractivity contribution in [1.29, 1.82) is 0 Å². The first-order valence-electron chi connectivity index (χ1n) is 8.56. The monoisotopic (exact) mass is 349 g/mol. The van der Waals surface area contributed by atoms with Gasteiger partial charge < -0.3 is 4.90 Å². The van der Waals surface area contributed by atoms with E-state index in [2.05, 4.69) is 30.7 Å². The van der Waals surface area contributed by atoms with Gasteiger partial charge >= 0.3 is 0 Å². The molecule has 0 N–H and O–H groups in total. The number of fused-ring (bicyclic) bond motifs is 2. The molecule has 2 unspecified atom stereocenters. The molecule has 5 nitrogen and oxygen atoms in total. The fraction of sp³-hybridized carbons (Fsp3) is 0.722. The average Bonchev–Trinajstić information content (AvgIpc) is 2.70. The summed E-state index contributed by atoms with van der Waals surface area (Å²) in [5.41, 5.74) is 1.17. The van der Waals surface area contributed by atoms with Crippen LogP contribution in [-0.2, 0) is 11.8 Å². The number of carbonyl (C=O) groups is 1. The fourth-order valence-corrected chi connectivity index (χ4v) is 5.63. The van der Waals surface area contributed by atoms with Crippen molar-refractivity contribution in [3.8, 4) is 0 Å². The number of likely N-dealkylation sites (tertiary alicyclic amines) is 1. The summed E-state index contributed by atoms with van der Waals surface area (Å²) in [6.45, 7) is 9.60. The zero-order valence-corrected chi connectivity index (χ0v) is 16.1. The maximum atomic E-state index is 12.8. The number of hydrogen-bond acceptors (Lipinski definition) is 4. The Bertz CT molecular complexity index is 727. The van der Waals surface area contributed by atoms with E-state index in [1.807, 2.05) is 0 Å². The lowest BCUT2D eigenvalue weighted by Crippen LogP contribution is -2.38. The summed E-state index contributed by atoms with van der Waals surface area (Å²) in [7, 11) is 1.70. The van der Waals surface area contributed by atoms with Crippen molar-refractivity contribution in [2.24, 2.45) is 17.9 Å². The molecule has 2 heterocycles. The molecule has 2 aliphatic rings. The Hall–Kier alpha value is -1.30. The van der Waals surface area contributed by atoms with E-state index in [9.17, 15) is 9.59 Å². The molecule has 1 aromatic heterocycles. The van der Waals surface area contributed by atoms with Gasteiger partial charge in [-0.3, -0.25) is 14.2 Å². The Balaban J connectivity index is 1.70. The predicted octanol–water partition coefficient (Wildman–Crippen LogP) is 2.61. The summed E-state index contributed by atoms with van der Waals surface area (Å²) in [5, 5.41) is 0.613. The summed E-state index contributed by atoms with van der Waals surface area (Å²) < 4.78 is 1.51. The van der Waals surface area contributed by atoms with Crippen LogP contribution < -0.4 is 5.56 Å². The number of rotatable bonds is 3. The molecule has 1 amide bonds. The lowest BCUT2D eigenvalue weighted by molar-refractivity contribution is -0.129. The molecule has 1 saturated heterocycles. The third-order valence-electron chi connectivity index (χ3n) is 5.28. The van der Waals surface area contributed by atoms with E-state index in [0.717, 1.165) is 19.4 Å². The molecule has 132 valence electrons. The van der Waals surface area contributed by atoms with Crippen LogP contribution in [0.1, 0.15) is 45.7 Å². The van der Waals surface area contributed by atoms with Crippen molar-refractivity contribution in [2.75, 3.05) is 12.3 Å². The highest BCUT2D eigenvalue weighted by atomic mass is 32.2. The second kappa shape index (κ2) is 5.90. The second-order valence-corrected chi connectivity index (χ2v) is 9.54. The molecule has 3 rings (SSSR count). The molecule has 1 aromatic rings. The van der Waals surface area contributed by atoms with E-state index < -0.39 is 0 Å². The van der Waals surface area contributed by atoms with Crippen LogP contribution in [-0.4, -0.2) is 38.7 Å². The molecule has 2 bridgehead atoms. The Kier molecular flexibility index (Phi) is 4.31. The zero-order chi connectivity index (χ0) is 17.7. The van der Waals surface area contributed by atoms with E-state index in [4.69, 9.17) is 0 Å². The molecular weight excluding hydrogens is 322 g/mol. The number of carbonyl (C=O) groups excluding carboxylic acids is 1. The van der Waals surface area contributed by atoms with Crippen LogP contribution >= 0.6 is 11.8 Å². The number of nitrogens with zero attached hydrogens (tertiary/aromatic N) is 3. The molecule has 0 radical (unpaired) electrons. The summed E-state index contributed by atoms with van der Waals surface area (Å²) in [5.74, 6) is 0.513. The molecule has 1 aliphatic heterocycles. The molecule has 1 saturated carbocycles. The second-order valence-electron chi connectivity index (χ2n) is 8.60. The third kappa shape index (κ3) is 3.39. The number of thioether (sulfide) groups is 1. The average molecular weight is 350 g/mol. The summed E-state index contributed by atoms with van der Waals surface area (Å²) >= 11 is 1.36. The van der Waals surface area contributed by atoms with Crippen LogP contribution in [0.25, 0.3) is 0 Å². The Morgan fingerprint density at radius 1 is 1.38 bits per heavy atom. The van der Waals surface area contributed by atoms with E-state index in [1.165, 1.54) is 28.8 Å². The minimum absolute atomic E-state index is 0.0799. The largest absolute Gasteiger partial charge is 0.338 e. The first-order valence-corrected chi connectivity index (χ1v) is 9.54. The first-order chi connectivity index (χ1) is 11.1. The molecule has 6 heteroatoms. The van der Waals surface area contributed by atoms with Gasteiger partial charge in [0.15, 0.2) is 5.16 Å². The Labute approximate surface area is 147 Å². The summed E-state index contributed by atoms with van der Waals surface area (Å²) in [6.07, 6.45) is 3.38. The van der Waals surface area contributed by atoms with Crippen molar-refractivity contribution < 1.29 is 4.79 Å². The maximum Gasteiger partial charge on any atom is 0.254 e. The van der Waals surface area contributed by atoms with E-state index in [0.29, 0.717) is 28.1 Å². The lowest BCUT2D eigenvalue weighted by atomic mass is 9.65. The van der Waals surface area contributed by atoms with Gasteiger partial charge in [0.25, 0.3) is 5.56 Å². The molecule has 0 aromatic carbocycles. The number of hydrogen-bond donors (Lipinski definition) is 0. The first kappa shape index (κ1) is 17.5. The van der Waals surface area contributed by atoms with Crippen LogP contribution in [0.5, 0.6) is 0 Å². The number of aryl methyl sites for hydroxylation is 1. The van der Waals surface area contributed by atoms with Gasteiger partial charge in [0.2, 0.25) is 5.91 Å². The van der Waals surface area contributed by atoms with Crippen molar-refractivity contribution in [3.63, 3.8) is 0 Å². The molecule has 24 heavy (non-hydrogen) atoms. The van der Waals surface area contributed by atoms with Gasteiger partial charge in [0, 0.05) is 31.4 Å². The van der Waals surface area contributed by atoms with Crippen LogP contribution in [0.15, 0.2) is 16.0 Å². The van der Waals surface area contributed by atoms with Crippen molar-refractivity contribution >= 4 is 17.7 Å². The molecule has 2 atom stereocenters. The van der Waals surface area contributed by atoms with Gasteiger partial charge in [0.05, 0.1) is 5.75 Å². The van der Waals surface area contributed by atoms with Crippen LogP contribution in [0.2, 0.25) is 0 Å². The van der Waals surface area contributed by atoms with Crippen molar-refractivity contribution in [3.05, 3.63) is 22.1 Å². The number of amides is 1. The van der Waals surface area contributed by atoms with E-state index in [-0.39, 0.29) is 16.9 Å². The lowest BCUT2D eigenvalue weighted by Gasteiger charge is -2.39. The molecule has 2 fully saturated rings. The third-order valence-corrected chi connectivity index (χ3v) is 6.30. The highest BCUT2D eigenvalue weighted by molar-refractivity contribution is 7.99. The SMILES string of the molecule is Cc1cc(=O)n(C)c(SCC(=O)N2CC3(C)CC2CC(C)(C)C3)n1. The molecule has 0 spiro atoms. The van der Waals surface area contributed by atoms with Gasteiger partial charge in [-0.15, -0.1) is 0 Å².